The van der Waals surface area contributed by atoms with E-state index in [2.05, 4.69) is 0 Å². The van der Waals surface area contributed by atoms with Crippen LogP contribution in [0.15, 0.2) is 54.1 Å². The monoisotopic (exact) mass is 438 g/mol. The Morgan fingerprint density at radius 2 is 1.72 bits per heavy atom. The first kappa shape index (κ1) is 23.3. The van der Waals surface area contributed by atoms with Crippen molar-refractivity contribution in [3.8, 4) is 11.5 Å². The standard InChI is InChI=1S/C25H30N2O5/c1-4-16-32-20-12-8-18(9-13-20)23(29)21-22(17-6-10-19(28)11-7-17)27(25(31)24(21)30)15-5-14-26(2)3/h6-13,22,28-29H,4-5,14-16H2,1-3H3/b23-21+/t22-/m1/s1. The molecule has 0 aliphatic carbocycles. The van der Waals surface area contributed by atoms with Gasteiger partial charge in [0, 0.05) is 12.1 Å². The lowest BCUT2D eigenvalue weighted by Gasteiger charge is -2.26. The van der Waals surface area contributed by atoms with Gasteiger partial charge in [0.05, 0.1) is 18.2 Å². The highest BCUT2D eigenvalue weighted by atomic mass is 16.5. The van der Waals surface area contributed by atoms with Crippen molar-refractivity contribution in [2.45, 2.75) is 25.8 Å². The number of phenolic OH excluding ortho intramolecular Hbond substituents is 1. The van der Waals surface area contributed by atoms with Crippen molar-refractivity contribution in [3.63, 3.8) is 0 Å². The molecule has 0 bridgehead atoms. The van der Waals surface area contributed by atoms with Crippen molar-refractivity contribution in [1.29, 1.82) is 0 Å². The van der Waals surface area contributed by atoms with Gasteiger partial charge >= 0.3 is 0 Å². The largest absolute Gasteiger partial charge is 0.508 e. The molecular weight excluding hydrogens is 408 g/mol. The highest BCUT2D eigenvalue weighted by molar-refractivity contribution is 6.46. The van der Waals surface area contributed by atoms with Gasteiger partial charge in [-0.15, -0.1) is 0 Å². The number of nitrogens with zero attached hydrogens (tertiary/aromatic N) is 2. The quantitative estimate of drug-likeness (QED) is 0.354. The number of carbonyl (C=O) groups excluding carboxylic acids is 2. The number of phenols is 1. The molecule has 0 radical (unpaired) electrons. The normalized spacial score (nSPS) is 17.9. The number of amides is 1. The number of hydrogen-bond acceptors (Lipinski definition) is 6. The number of carbonyl (C=O) groups is 2. The summed E-state index contributed by atoms with van der Waals surface area (Å²) in [7, 11) is 3.89. The molecule has 1 aliphatic heterocycles. The predicted octanol–water partition coefficient (Wildman–Crippen LogP) is 3.55. The Morgan fingerprint density at radius 3 is 2.31 bits per heavy atom. The Bertz CT molecular complexity index is 980. The summed E-state index contributed by atoms with van der Waals surface area (Å²) in [6.07, 6.45) is 1.56. The van der Waals surface area contributed by atoms with Crippen LogP contribution in [0.2, 0.25) is 0 Å². The maximum Gasteiger partial charge on any atom is 0.295 e. The van der Waals surface area contributed by atoms with Crippen LogP contribution in [0.1, 0.15) is 36.9 Å². The van der Waals surface area contributed by atoms with Crippen LogP contribution in [-0.4, -0.2) is 65.5 Å². The Kier molecular flexibility index (Phi) is 7.53. The highest BCUT2D eigenvalue weighted by Crippen LogP contribution is 2.40. The molecule has 1 fully saturated rings. The third-order valence-electron chi connectivity index (χ3n) is 5.35. The van der Waals surface area contributed by atoms with Gasteiger partial charge in [0.2, 0.25) is 0 Å². The fourth-order valence-electron chi connectivity index (χ4n) is 3.76. The van der Waals surface area contributed by atoms with Crippen LogP contribution in [0.4, 0.5) is 0 Å². The summed E-state index contributed by atoms with van der Waals surface area (Å²) in [4.78, 5) is 29.4. The fraction of sp³-hybridized carbons (Fsp3) is 0.360. The minimum absolute atomic E-state index is 0.0489. The minimum Gasteiger partial charge on any atom is -0.508 e. The number of Topliss-reactive ketones (excluding diaryl/α,β-unsaturated/α-hetero) is 1. The molecule has 1 aliphatic rings. The lowest BCUT2D eigenvalue weighted by Crippen LogP contribution is -2.32. The molecule has 7 nitrogen and oxygen atoms in total. The van der Waals surface area contributed by atoms with E-state index in [4.69, 9.17) is 4.74 Å². The summed E-state index contributed by atoms with van der Waals surface area (Å²) in [5, 5.41) is 20.8. The molecule has 3 rings (SSSR count). The van der Waals surface area contributed by atoms with Gasteiger partial charge in [0.15, 0.2) is 0 Å². The summed E-state index contributed by atoms with van der Waals surface area (Å²) in [6.45, 7) is 3.73. The lowest BCUT2D eigenvalue weighted by molar-refractivity contribution is -0.139. The molecular formula is C25H30N2O5. The number of aromatic hydroxyl groups is 1. The average molecular weight is 439 g/mol. The van der Waals surface area contributed by atoms with Gasteiger partial charge in [0.1, 0.15) is 17.3 Å². The first-order chi connectivity index (χ1) is 15.3. The van der Waals surface area contributed by atoms with Gasteiger partial charge < -0.3 is 24.7 Å². The van der Waals surface area contributed by atoms with Gasteiger partial charge in [-0.1, -0.05) is 19.1 Å². The van der Waals surface area contributed by atoms with E-state index in [-0.39, 0.29) is 17.1 Å². The molecule has 2 aromatic carbocycles. The zero-order valence-electron chi connectivity index (χ0n) is 18.7. The Labute approximate surface area is 188 Å². The molecule has 1 heterocycles. The van der Waals surface area contributed by atoms with E-state index >= 15 is 0 Å². The first-order valence-corrected chi connectivity index (χ1v) is 10.8. The van der Waals surface area contributed by atoms with Crippen LogP contribution in [0.25, 0.3) is 5.76 Å². The van der Waals surface area contributed by atoms with E-state index in [9.17, 15) is 19.8 Å². The SMILES string of the molecule is CCCOc1ccc(/C(O)=C2\C(=O)C(=O)N(CCCN(C)C)[C@@H]2c2ccc(O)cc2)cc1. The van der Waals surface area contributed by atoms with Gasteiger partial charge in [-0.3, -0.25) is 9.59 Å². The third-order valence-corrected chi connectivity index (χ3v) is 5.35. The van der Waals surface area contributed by atoms with Gasteiger partial charge in [-0.25, -0.2) is 0 Å². The Balaban J connectivity index is 2.01. The zero-order chi connectivity index (χ0) is 23.3. The van der Waals surface area contributed by atoms with Crippen molar-refractivity contribution >= 4 is 17.4 Å². The van der Waals surface area contributed by atoms with Crippen LogP contribution in [0.3, 0.4) is 0 Å². The number of rotatable bonds is 9. The number of likely N-dealkylation sites (tertiary alicyclic amines) is 1. The second-order valence-corrected chi connectivity index (χ2v) is 8.11. The molecule has 0 saturated carbocycles. The molecule has 2 N–H and O–H groups in total. The van der Waals surface area contributed by atoms with Crippen LogP contribution in [-0.2, 0) is 9.59 Å². The third kappa shape index (κ3) is 5.11. The van der Waals surface area contributed by atoms with E-state index in [1.807, 2.05) is 25.9 Å². The molecule has 170 valence electrons. The summed E-state index contributed by atoms with van der Waals surface area (Å²) in [5.41, 5.74) is 1.13. The molecule has 7 heteroatoms. The molecule has 1 atom stereocenters. The summed E-state index contributed by atoms with van der Waals surface area (Å²) >= 11 is 0. The summed E-state index contributed by atoms with van der Waals surface area (Å²) < 4.78 is 5.58. The molecule has 1 saturated heterocycles. The van der Waals surface area contributed by atoms with Crippen LogP contribution in [0, 0.1) is 0 Å². The second kappa shape index (κ2) is 10.3. The van der Waals surface area contributed by atoms with Crippen molar-refractivity contribution in [1.82, 2.24) is 9.80 Å². The number of aliphatic hydroxyl groups excluding tert-OH is 1. The number of ketones is 1. The van der Waals surface area contributed by atoms with E-state index in [1.165, 1.54) is 17.0 Å². The highest BCUT2D eigenvalue weighted by Gasteiger charge is 2.45. The predicted molar refractivity (Wildman–Crippen MR) is 123 cm³/mol. The molecule has 0 aromatic heterocycles. The molecule has 0 spiro atoms. The zero-order valence-corrected chi connectivity index (χ0v) is 18.7. The van der Waals surface area contributed by atoms with Gasteiger partial charge in [0.25, 0.3) is 11.7 Å². The van der Waals surface area contributed by atoms with Gasteiger partial charge in [-0.2, -0.15) is 0 Å². The van der Waals surface area contributed by atoms with Crippen molar-refractivity contribution in [2.75, 3.05) is 33.8 Å². The topological polar surface area (TPSA) is 90.3 Å². The van der Waals surface area contributed by atoms with Crippen LogP contribution in [0.5, 0.6) is 11.5 Å². The Morgan fingerprint density at radius 1 is 1.06 bits per heavy atom. The molecule has 32 heavy (non-hydrogen) atoms. The molecule has 1 amide bonds. The lowest BCUT2D eigenvalue weighted by atomic mass is 9.95. The smallest absolute Gasteiger partial charge is 0.295 e. The maximum atomic E-state index is 13.0. The van der Waals surface area contributed by atoms with E-state index in [1.54, 1.807) is 36.4 Å². The minimum atomic E-state index is -0.728. The van der Waals surface area contributed by atoms with Crippen molar-refractivity contribution in [2.24, 2.45) is 0 Å². The fourth-order valence-corrected chi connectivity index (χ4v) is 3.76. The molecule has 0 unspecified atom stereocenters. The van der Waals surface area contributed by atoms with Crippen molar-refractivity contribution < 1.29 is 24.5 Å². The average Bonchev–Trinajstić information content (AvgIpc) is 3.03. The number of ether oxygens (including phenoxy) is 1. The van der Waals surface area contributed by atoms with Crippen LogP contribution < -0.4 is 4.74 Å². The van der Waals surface area contributed by atoms with Crippen molar-refractivity contribution in [3.05, 3.63) is 65.2 Å². The maximum absolute atomic E-state index is 13.0. The van der Waals surface area contributed by atoms with E-state index in [0.717, 1.165) is 13.0 Å². The first-order valence-electron chi connectivity index (χ1n) is 10.8. The van der Waals surface area contributed by atoms with Gasteiger partial charge in [-0.05, 0) is 75.4 Å². The number of benzene rings is 2. The van der Waals surface area contributed by atoms with E-state index < -0.39 is 17.7 Å². The van der Waals surface area contributed by atoms with Crippen LogP contribution >= 0.6 is 0 Å². The number of aliphatic hydroxyl groups is 1. The Hall–Kier alpha value is -3.32. The van der Waals surface area contributed by atoms with E-state index in [0.29, 0.717) is 36.4 Å². The molecule has 2 aromatic rings. The number of hydrogen-bond donors (Lipinski definition) is 2. The second-order valence-electron chi connectivity index (χ2n) is 8.11. The summed E-state index contributed by atoms with van der Waals surface area (Å²) in [5.74, 6) is -0.815. The summed E-state index contributed by atoms with van der Waals surface area (Å²) in [6, 6.07) is 12.4.